The molecule has 1 aliphatic rings. The number of rotatable bonds is 8. The fourth-order valence-electron chi connectivity index (χ4n) is 3.21. The Morgan fingerprint density at radius 1 is 1.27 bits per heavy atom. The van der Waals surface area contributed by atoms with Gasteiger partial charge in [0.25, 0.3) is 5.91 Å². The lowest BCUT2D eigenvalue weighted by Gasteiger charge is -2.29. The van der Waals surface area contributed by atoms with Crippen molar-refractivity contribution >= 4 is 17.9 Å². The third kappa shape index (κ3) is 4.15. The van der Waals surface area contributed by atoms with Crippen LogP contribution < -0.4 is 16.8 Å². The third-order valence-electron chi connectivity index (χ3n) is 4.90. The van der Waals surface area contributed by atoms with Crippen LogP contribution in [0.3, 0.4) is 0 Å². The Kier molecular flexibility index (Phi) is 6.23. The number of aliphatic imine (C=N–C) groups is 1. The lowest BCUT2D eigenvalue weighted by molar-refractivity contribution is -0.133. The van der Waals surface area contributed by atoms with Crippen molar-refractivity contribution in [3.05, 3.63) is 35.4 Å². The van der Waals surface area contributed by atoms with Crippen LogP contribution >= 0.6 is 0 Å². The quantitative estimate of drug-likeness (QED) is 0.660. The number of guanidine groups is 1. The maximum absolute atomic E-state index is 13.1. The van der Waals surface area contributed by atoms with Crippen molar-refractivity contribution in [2.45, 2.75) is 58.7 Å². The monoisotopic (exact) mass is 359 g/mol. The van der Waals surface area contributed by atoms with E-state index < -0.39 is 11.6 Å². The number of urea groups is 1. The zero-order valence-electron chi connectivity index (χ0n) is 15.8. The van der Waals surface area contributed by atoms with Crippen molar-refractivity contribution in [3.8, 4) is 0 Å². The van der Waals surface area contributed by atoms with E-state index in [4.69, 9.17) is 11.5 Å². The second kappa shape index (κ2) is 8.21. The largest absolute Gasteiger partial charge is 0.369 e. The summed E-state index contributed by atoms with van der Waals surface area (Å²) in [4.78, 5) is 30.0. The number of hydrogen-bond acceptors (Lipinski definition) is 4. The maximum atomic E-state index is 13.1. The Morgan fingerprint density at radius 3 is 2.42 bits per heavy atom. The Bertz CT molecular complexity index is 684. The number of primary amides is 1. The van der Waals surface area contributed by atoms with E-state index in [0.29, 0.717) is 19.0 Å². The summed E-state index contributed by atoms with van der Waals surface area (Å²) < 4.78 is 0. The summed E-state index contributed by atoms with van der Waals surface area (Å²) in [6.45, 7) is 6.91. The van der Waals surface area contributed by atoms with Gasteiger partial charge in [-0.1, -0.05) is 57.9 Å². The van der Waals surface area contributed by atoms with Gasteiger partial charge in [-0.05, 0) is 23.5 Å². The minimum atomic E-state index is -0.745. The van der Waals surface area contributed by atoms with E-state index in [9.17, 15) is 9.59 Å². The van der Waals surface area contributed by atoms with Crippen LogP contribution in [0.5, 0.6) is 0 Å². The molecule has 0 aromatic heterocycles. The van der Waals surface area contributed by atoms with Crippen LogP contribution in [0.2, 0.25) is 0 Å². The first-order valence-corrected chi connectivity index (χ1v) is 9.08. The van der Waals surface area contributed by atoms with Crippen LogP contribution in [-0.4, -0.2) is 28.3 Å². The van der Waals surface area contributed by atoms with E-state index in [1.54, 1.807) is 4.90 Å². The minimum Gasteiger partial charge on any atom is -0.369 e. The van der Waals surface area contributed by atoms with E-state index >= 15 is 0 Å². The summed E-state index contributed by atoms with van der Waals surface area (Å²) in [5, 5.41) is 2.55. The first-order chi connectivity index (χ1) is 12.3. The number of unbranched alkanes of at least 4 members (excludes halogenated alkanes) is 1. The zero-order chi connectivity index (χ0) is 19.3. The topological polar surface area (TPSA) is 114 Å². The molecular formula is C19H29N5O2. The highest BCUT2D eigenvalue weighted by Gasteiger charge is 2.49. The van der Waals surface area contributed by atoms with Crippen LogP contribution in [0, 0.1) is 5.92 Å². The molecule has 7 heteroatoms. The van der Waals surface area contributed by atoms with E-state index in [-0.39, 0.29) is 11.8 Å². The molecule has 0 bridgehead atoms. The smallest absolute Gasteiger partial charge is 0.312 e. The first-order valence-electron chi connectivity index (χ1n) is 9.08. The number of benzene rings is 1. The van der Waals surface area contributed by atoms with Gasteiger partial charge in [0.2, 0.25) is 0 Å². The first kappa shape index (κ1) is 19.8. The molecule has 1 unspecified atom stereocenters. The lowest BCUT2D eigenvalue weighted by Crippen LogP contribution is -2.46. The lowest BCUT2D eigenvalue weighted by atomic mass is 9.82. The summed E-state index contributed by atoms with van der Waals surface area (Å²) >= 11 is 0. The Morgan fingerprint density at radius 2 is 1.88 bits per heavy atom. The van der Waals surface area contributed by atoms with Crippen molar-refractivity contribution in [2.75, 3.05) is 0 Å². The molecule has 1 heterocycles. The van der Waals surface area contributed by atoms with E-state index in [1.165, 1.54) is 0 Å². The molecule has 3 amide bonds. The van der Waals surface area contributed by atoms with Crippen LogP contribution in [0.15, 0.2) is 29.3 Å². The number of amides is 3. The molecule has 0 radical (unpaired) electrons. The van der Waals surface area contributed by atoms with Gasteiger partial charge in [0.05, 0.1) is 6.54 Å². The zero-order valence-corrected chi connectivity index (χ0v) is 15.8. The minimum absolute atomic E-state index is 0.0158. The molecule has 0 fully saturated rings. The predicted octanol–water partition coefficient (Wildman–Crippen LogP) is 2.10. The molecular weight excluding hydrogens is 330 g/mol. The number of hydrogen-bond donors (Lipinski definition) is 3. The highest BCUT2D eigenvalue weighted by atomic mass is 16.2. The van der Waals surface area contributed by atoms with Gasteiger partial charge in [0.15, 0.2) is 5.96 Å². The van der Waals surface area contributed by atoms with Crippen LogP contribution in [-0.2, 0) is 17.9 Å². The van der Waals surface area contributed by atoms with Crippen molar-refractivity contribution in [3.63, 3.8) is 0 Å². The second-order valence-corrected chi connectivity index (χ2v) is 7.08. The van der Waals surface area contributed by atoms with E-state index in [0.717, 1.165) is 30.4 Å². The van der Waals surface area contributed by atoms with Gasteiger partial charge >= 0.3 is 6.03 Å². The van der Waals surface area contributed by atoms with Crippen LogP contribution in [0.25, 0.3) is 0 Å². The third-order valence-corrected chi connectivity index (χ3v) is 4.90. The average molecular weight is 359 g/mol. The summed E-state index contributed by atoms with van der Waals surface area (Å²) in [5.74, 6) is 0.365. The number of nitrogens with zero attached hydrogens (tertiary/aromatic N) is 2. The predicted molar refractivity (Wildman–Crippen MR) is 102 cm³/mol. The molecule has 2 rings (SSSR count). The highest BCUT2D eigenvalue weighted by molar-refractivity contribution is 6.06. The molecule has 1 aromatic carbocycles. The molecule has 1 aliphatic heterocycles. The van der Waals surface area contributed by atoms with Gasteiger partial charge in [-0.25, -0.2) is 9.79 Å². The normalized spacial score (nSPS) is 19.8. The molecule has 26 heavy (non-hydrogen) atoms. The molecule has 0 aliphatic carbocycles. The Hall–Kier alpha value is -2.57. The number of nitrogens with two attached hydrogens (primary N) is 2. The molecule has 0 saturated carbocycles. The SMILES string of the molecule is CCCCC1(C(C)C)N=C(N)N(Cc2ccc(CNC(N)=O)cc2)C1=O. The number of carbonyl (C=O) groups is 2. The molecule has 142 valence electrons. The van der Waals surface area contributed by atoms with Crippen molar-refractivity contribution in [2.24, 2.45) is 22.4 Å². The average Bonchev–Trinajstić information content (AvgIpc) is 2.84. The van der Waals surface area contributed by atoms with Crippen LogP contribution in [0.4, 0.5) is 4.79 Å². The van der Waals surface area contributed by atoms with E-state index in [1.807, 2.05) is 38.1 Å². The van der Waals surface area contributed by atoms with Gasteiger partial charge < -0.3 is 16.8 Å². The summed E-state index contributed by atoms with van der Waals surface area (Å²) in [5.41, 5.74) is 12.3. The van der Waals surface area contributed by atoms with Crippen molar-refractivity contribution in [1.82, 2.24) is 10.2 Å². The molecule has 7 nitrogen and oxygen atoms in total. The molecule has 0 spiro atoms. The molecule has 5 N–H and O–H groups in total. The van der Waals surface area contributed by atoms with E-state index in [2.05, 4.69) is 17.2 Å². The number of nitrogens with one attached hydrogen (secondary N) is 1. The van der Waals surface area contributed by atoms with Crippen molar-refractivity contribution in [1.29, 1.82) is 0 Å². The summed E-state index contributed by atoms with van der Waals surface area (Å²) in [6.07, 6.45) is 2.67. The van der Waals surface area contributed by atoms with Gasteiger partial charge in [-0.15, -0.1) is 0 Å². The molecule has 1 aromatic rings. The fourth-order valence-corrected chi connectivity index (χ4v) is 3.21. The number of carbonyl (C=O) groups excluding carboxylic acids is 2. The maximum Gasteiger partial charge on any atom is 0.312 e. The molecule has 0 saturated heterocycles. The van der Waals surface area contributed by atoms with Gasteiger partial charge in [-0.3, -0.25) is 9.69 Å². The van der Waals surface area contributed by atoms with Crippen molar-refractivity contribution < 1.29 is 9.59 Å². The second-order valence-electron chi connectivity index (χ2n) is 7.08. The summed E-state index contributed by atoms with van der Waals surface area (Å²) in [6, 6.07) is 7.07. The molecule has 1 atom stereocenters. The van der Waals surface area contributed by atoms with Gasteiger partial charge in [0, 0.05) is 6.54 Å². The highest BCUT2D eigenvalue weighted by Crippen LogP contribution is 2.35. The Labute approximate surface area is 154 Å². The summed E-state index contributed by atoms with van der Waals surface area (Å²) in [7, 11) is 0. The van der Waals surface area contributed by atoms with Gasteiger partial charge in [-0.2, -0.15) is 0 Å². The Balaban J connectivity index is 2.11. The van der Waals surface area contributed by atoms with Crippen LogP contribution in [0.1, 0.15) is 51.2 Å². The fraction of sp³-hybridized carbons (Fsp3) is 0.526. The van der Waals surface area contributed by atoms with Gasteiger partial charge in [0.1, 0.15) is 5.54 Å². The standard InChI is InChI=1S/C19H29N5O2/c1-4-5-10-19(13(2)3)16(25)24(17(20)23-19)12-15-8-6-14(7-9-15)11-22-18(21)26/h6-9,13H,4-5,10-12H2,1-3H3,(H2,20,23)(H3,21,22,26).